The number of rotatable bonds is 5. The minimum atomic E-state index is -0.906. The Morgan fingerprint density at radius 1 is 1.34 bits per heavy atom. The quantitative estimate of drug-likeness (QED) is 0.640. The number of amides is 1. The maximum atomic E-state index is 13.8. The molecule has 4 rings (SSSR count). The summed E-state index contributed by atoms with van der Waals surface area (Å²) in [7, 11) is 0. The molecular formula is C21H21F2N3O2S. The molecule has 0 unspecified atom stereocenters. The van der Waals surface area contributed by atoms with Gasteiger partial charge >= 0.3 is 0 Å². The Hall–Kier alpha value is -2.58. The van der Waals surface area contributed by atoms with Crippen LogP contribution in [0.1, 0.15) is 34.6 Å². The third-order valence-corrected chi connectivity index (χ3v) is 5.93. The SMILES string of the molecule is Cc1cc(-c2csc(NC(=O)c3c(F)cccc3F)n2)c(C)n1C[C@@H]1CCCO1. The molecule has 0 bridgehead atoms. The standard InChI is InChI=1S/C21H21F2N3O2S/c1-12-9-15(13(2)26(12)10-14-5-4-8-28-14)18-11-29-21(24-18)25-20(27)19-16(22)6-3-7-17(19)23/h3,6-7,9,11,14H,4-5,8,10H2,1-2H3,(H,24,25,27)/t14-/m0/s1. The molecule has 1 atom stereocenters. The Morgan fingerprint density at radius 2 is 2.10 bits per heavy atom. The lowest BCUT2D eigenvalue weighted by Crippen LogP contribution is -2.16. The van der Waals surface area contributed by atoms with Crippen LogP contribution in [0.2, 0.25) is 0 Å². The smallest absolute Gasteiger partial charge is 0.263 e. The summed E-state index contributed by atoms with van der Waals surface area (Å²) in [5.74, 6) is -2.67. The molecule has 2 aromatic heterocycles. The molecule has 1 amide bonds. The molecule has 5 nitrogen and oxygen atoms in total. The van der Waals surface area contributed by atoms with E-state index in [4.69, 9.17) is 4.74 Å². The van der Waals surface area contributed by atoms with Gasteiger partial charge in [0.1, 0.15) is 17.2 Å². The average molecular weight is 417 g/mol. The summed E-state index contributed by atoms with van der Waals surface area (Å²) < 4.78 is 35.6. The molecule has 0 radical (unpaired) electrons. The van der Waals surface area contributed by atoms with E-state index in [-0.39, 0.29) is 11.2 Å². The number of aryl methyl sites for hydroxylation is 1. The Morgan fingerprint density at radius 3 is 2.79 bits per heavy atom. The molecule has 3 heterocycles. The highest BCUT2D eigenvalue weighted by Gasteiger charge is 2.21. The first-order chi connectivity index (χ1) is 13.9. The summed E-state index contributed by atoms with van der Waals surface area (Å²) in [5.41, 5.74) is 3.25. The Labute approximate surface area is 171 Å². The highest BCUT2D eigenvalue weighted by atomic mass is 32.1. The van der Waals surface area contributed by atoms with Crippen LogP contribution in [0.15, 0.2) is 29.6 Å². The van der Waals surface area contributed by atoms with Crippen LogP contribution in [0.3, 0.4) is 0 Å². The van der Waals surface area contributed by atoms with Gasteiger partial charge in [-0.1, -0.05) is 6.07 Å². The molecule has 8 heteroatoms. The van der Waals surface area contributed by atoms with E-state index in [1.54, 1.807) is 0 Å². The number of thiazole rings is 1. The van der Waals surface area contributed by atoms with Crippen molar-refractivity contribution in [3.63, 3.8) is 0 Å². The average Bonchev–Trinajstić information content (AvgIpc) is 3.40. The van der Waals surface area contributed by atoms with Gasteiger partial charge in [0, 0.05) is 35.5 Å². The first-order valence-corrected chi connectivity index (χ1v) is 10.3. The molecule has 1 fully saturated rings. The minimum Gasteiger partial charge on any atom is -0.376 e. The number of hydrogen-bond acceptors (Lipinski definition) is 4. The molecule has 1 aliphatic heterocycles. The lowest BCUT2D eigenvalue weighted by Gasteiger charge is -2.14. The van der Waals surface area contributed by atoms with Crippen molar-refractivity contribution in [2.75, 3.05) is 11.9 Å². The molecule has 0 aliphatic carbocycles. The fourth-order valence-corrected chi connectivity index (χ4v) is 4.37. The van der Waals surface area contributed by atoms with Crippen molar-refractivity contribution in [1.82, 2.24) is 9.55 Å². The number of halogens is 2. The van der Waals surface area contributed by atoms with Crippen LogP contribution < -0.4 is 5.32 Å². The molecular weight excluding hydrogens is 396 g/mol. The summed E-state index contributed by atoms with van der Waals surface area (Å²) in [6.07, 6.45) is 2.38. The van der Waals surface area contributed by atoms with Gasteiger partial charge in [-0.05, 0) is 44.9 Å². The zero-order valence-electron chi connectivity index (χ0n) is 16.2. The van der Waals surface area contributed by atoms with Crippen LogP contribution in [0.5, 0.6) is 0 Å². The van der Waals surface area contributed by atoms with Crippen molar-refractivity contribution in [2.24, 2.45) is 0 Å². The van der Waals surface area contributed by atoms with E-state index in [0.717, 1.165) is 55.1 Å². The van der Waals surface area contributed by atoms with Gasteiger partial charge in [-0.15, -0.1) is 11.3 Å². The number of ether oxygens (including phenoxy) is 1. The Balaban J connectivity index is 1.54. The number of aromatic nitrogens is 2. The Kier molecular flexibility index (Phi) is 5.47. The molecule has 0 saturated carbocycles. The van der Waals surface area contributed by atoms with Crippen LogP contribution in [0, 0.1) is 25.5 Å². The van der Waals surface area contributed by atoms with E-state index in [9.17, 15) is 13.6 Å². The molecule has 0 spiro atoms. The highest BCUT2D eigenvalue weighted by molar-refractivity contribution is 7.14. The topological polar surface area (TPSA) is 56.2 Å². The molecule has 152 valence electrons. The maximum absolute atomic E-state index is 13.8. The van der Waals surface area contributed by atoms with Gasteiger partial charge in [0.05, 0.1) is 11.8 Å². The van der Waals surface area contributed by atoms with E-state index in [0.29, 0.717) is 5.69 Å². The second-order valence-corrected chi connectivity index (χ2v) is 7.98. The molecule has 1 N–H and O–H groups in total. The predicted octanol–water partition coefficient (Wildman–Crippen LogP) is 4.94. The van der Waals surface area contributed by atoms with E-state index < -0.39 is 23.1 Å². The normalized spacial score (nSPS) is 16.3. The number of carbonyl (C=O) groups excluding carboxylic acids is 1. The number of nitrogens with one attached hydrogen (secondary N) is 1. The molecule has 1 aliphatic rings. The van der Waals surface area contributed by atoms with Crippen molar-refractivity contribution in [3.8, 4) is 11.3 Å². The van der Waals surface area contributed by atoms with Crippen LogP contribution in [-0.2, 0) is 11.3 Å². The fourth-order valence-electron chi connectivity index (χ4n) is 3.66. The third kappa shape index (κ3) is 3.95. The summed E-state index contributed by atoms with van der Waals surface area (Å²) in [5, 5.41) is 4.60. The second-order valence-electron chi connectivity index (χ2n) is 7.12. The van der Waals surface area contributed by atoms with Crippen molar-refractivity contribution < 1.29 is 18.3 Å². The minimum absolute atomic E-state index is 0.230. The van der Waals surface area contributed by atoms with Crippen LogP contribution in [-0.4, -0.2) is 28.2 Å². The third-order valence-electron chi connectivity index (χ3n) is 5.17. The summed E-state index contributed by atoms with van der Waals surface area (Å²) >= 11 is 1.21. The van der Waals surface area contributed by atoms with E-state index in [1.807, 2.05) is 19.2 Å². The lowest BCUT2D eigenvalue weighted by molar-refractivity contribution is 0.0962. The van der Waals surface area contributed by atoms with E-state index >= 15 is 0 Å². The monoisotopic (exact) mass is 417 g/mol. The van der Waals surface area contributed by atoms with Gasteiger partial charge in [0.15, 0.2) is 5.13 Å². The number of carbonyl (C=O) groups is 1. The number of benzene rings is 1. The first-order valence-electron chi connectivity index (χ1n) is 9.43. The van der Waals surface area contributed by atoms with Gasteiger partial charge in [-0.25, -0.2) is 13.8 Å². The summed E-state index contributed by atoms with van der Waals surface area (Å²) in [4.78, 5) is 16.7. The summed E-state index contributed by atoms with van der Waals surface area (Å²) in [6.45, 7) is 5.69. The lowest BCUT2D eigenvalue weighted by atomic mass is 10.2. The van der Waals surface area contributed by atoms with E-state index in [1.165, 1.54) is 17.4 Å². The molecule has 29 heavy (non-hydrogen) atoms. The Bertz CT molecular complexity index is 1030. The number of anilines is 1. The molecule has 1 aromatic carbocycles. The van der Waals surface area contributed by atoms with Crippen molar-refractivity contribution in [3.05, 3.63) is 58.2 Å². The zero-order valence-corrected chi connectivity index (χ0v) is 17.0. The maximum Gasteiger partial charge on any atom is 0.263 e. The largest absolute Gasteiger partial charge is 0.376 e. The van der Waals surface area contributed by atoms with Gasteiger partial charge in [0.2, 0.25) is 0 Å². The van der Waals surface area contributed by atoms with Gasteiger partial charge in [0.25, 0.3) is 5.91 Å². The number of nitrogens with zero attached hydrogens (tertiary/aromatic N) is 2. The zero-order chi connectivity index (χ0) is 20.5. The van der Waals surface area contributed by atoms with Crippen molar-refractivity contribution in [2.45, 2.75) is 39.3 Å². The summed E-state index contributed by atoms with van der Waals surface area (Å²) in [6, 6.07) is 5.37. The fraction of sp³-hybridized carbons (Fsp3) is 0.333. The van der Waals surface area contributed by atoms with Gasteiger partial charge < -0.3 is 9.30 Å². The molecule has 3 aromatic rings. The van der Waals surface area contributed by atoms with Crippen molar-refractivity contribution in [1.29, 1.82) is 0 Å². The van der Waals surface area contributed by atoms with Crippen LogP contribution in [0.25, 0.3) is 11.3 Å². The van der Waals surface area contributed by atoms with Crippen LogP contribution >= 0.6 is 11.3 Å². The van der Waals surface area contributed by atoms with Gasteiger partial charge in [-0.2, -0.15) is 0 Å². The highest BCUT2D eigenvalue weighted by Crippen LogP contribution is 2.31. The first kappa shape index (κ1) is 19.7. The van der Waals surface area contributed by atoms with E-state index in [2.05, 4.69) is 20.9 Å². The number of hydrogen-bond donors (Lipinski definition) is 1. The predicted molar refractivity (Wildman–Crippen MR) is 108 cm³/mol. The van der Waals surface area contributed by atoms with Gasteiger partial charge in [-0.3, -0.25) is 10.1 Å². The van der Waals surface area contributed by atoms with Crippen molar-refractivity contribution >= 4 is 22.4 Å². The second kappa shape index (κ2) is 8.04. The van der Waals surface area contributed by atoms with Crippen LogP contribution in [0.4, 0.5) is 13.9 Å². The molecule has 1 saturated heterocycles.